The molecule has 5 heteroatoms. The van der Waals surface area contributed by atoms with Crippen molar-refractivity contribution >= 4 is 16.9 Å². The van der Waals surface area contributed by atoms with Gasteiger partial charge < -0.3 is 4.90 Å². The molecule has 5 nitrogen and oxygen atoms in total. The van der Waals surface area contributed by atoms with Gasteiger partial charge in [-0.2, -0.15) is 5.10 Å². The summed E-state index contributed by atoms with van der Waals surface area (Å²) in [6.07, 6.45) is 2.35. The lowest BCUT2D eigenvalue weighted by Gasteiger charge is -2.16. The minimum absolute atomic E-state index is 0.0536. The number of hydrogen-bond donors (Lipinski definition) is 0. The summed E-state index contributed by atoms with van der Waals surface area (Å²) in [4.78, 5) is 19.1. The normalized spacial score (nSPS) is 14.8. The molecular formula is C15H20N4O. The molecule has 0 aromatic carbocycles. The Morgan fingerprint density at radius 1 is 1.50 bits per heavy atom. The van der Waals surface area contributed by atoms with Crippen LogP contribution in [0.4, 0.5) is 0 Å². The average Bonchev–Trinajstić information content (AvgIpc) is 3.24. The zero-order valence-electron chi connectivity index (χ0n) is 12.5. The van der Waals surface area contributed by atoms with E-state index in [1.165, 1.54) is 12.8 Å². The van der Waals surface area contributed by atoms with E-state index in [1.54, 1.807) is 9.58 Å². The largest absolute Gasteiger partial charge is 0.342 e. The molecule has 1 fully saturated rings. The second-order valence-corrected chi connectivity index (χ2v) is 5.60. The van der Waals surface area contributed by atoms with E-state index in [2.05, 4.69) is 5.10 Å². The highest BCUT2D eigenvalue weighted by Gasteiger charge is 2.28. The number of rotatable bonds is 3. The maximum absolute atomic E-state index is 12.6. The molecule has 1 aliphatic rings. The van der Waals surface area contributed by atoms with Crippen molar-refractivity contribution in [2.75, 3.05) is 13.6 Å². The highest BCUT2D eigenvalue weighted by atomic mass is 16.2. The molecule has 0 spiro atoms. The molecule has 3 rings (SSSR count). The van der Waals surface area contributed by atoms with E-state index >= 15 is 0 Å². The number of aryl methyl sites for hydroxylation is 2. The van der Waals surface area contributed by atoms with E-state index in [1.807, 2.05) is 34.0 Å². The minimum atomic E-state index is 0.0536. The lowest BCUT2D eigenvalue weighted by molar-refractivity contribution is 0.0804. The number of amides is 1. The summed E-state index contributed by atoms with van der Waals surface area (Å²) < 4.78 is 1.78. The van der Waals surface area contributed by atoms with Gasteiger partial charge in [0.25, 0.3) is 5.91 Å². The van der Waals surface area contributed by atoms with Crippen molar-refractivity contribution in [3.63, 3.8) is 0 Å². The van der Waals surface area contributed by atoms with Gasteiger partial charge in [-0.15, -0.1) is 0 Å². The second-order valence-electron chi connectivity index (χ2n) is 5.60. The van der Waals surface area contributed by atoms with Gasteiger partial charge in [-0.1, -0.05) is 0 Å². The lowest BCUT2D eigenvalue weighted by Crippen LogP contribution is -2.26. The molecule has 1 amide bonds. The highest BCUT2D eigenvalue weighted by molar-refractivity contribution is 6.06. The Bertz CT molecular complexity index is 685. The van der Waals surface area contributed by atoms with Gasteiger partial charge in [-0.05, 0) is 32.8 Å². The zero-order chi connectivity index (χ0) is 14.4. The average molecular weight is 272 g/mol. The van der Waals surface area contributed by atoms with Gasteiger partial charge in [0.05, 0.1) is 16.6 Å². The molecule has 2 aromatic heterocycles. The molecule has 2 heterocycles. The molecule has 1 saturated carbocycles. The summed E-state index contributed by atoms with van der Waals surface area (Å²) >= 11 is 0. The summed E-state index contributed by atoms with van der Waals surface area (Å²) in [5.41, 5.74) is 3.46. The summed E-state index contributed by atoms with van der Waals surface area (Å²) in [5.74, 6) is 0.575. The molecule has 0 N–H and O–H groups in total. The molecule has 0 saturated heterocycles. The van der Waals surface area contributed by atoms with Crippen molar-refractivity contribution in [3.8, 4) is 0 Å². The first-order chi connectivity index (χ1) is 9.52. The van der Waals surface area contributed by atoms with Gasteiger partial charge in [0.1, 0.15) is 0 Å². The van der Waals surface area contributed by atoms with Crippen LogP contribution in [-0.2, 0) is 7.05 Å². The first kappa shape index (κ1) is 13.1. The molecule has 106 valence electrons. The van der Waals surface area contributed by atoms with Crippen LogP contribution in [-0.4, -0.2) is 39.2 Å². The fourth-order valence-electron chi connectivity index (χ4n) is 2.57. The van der Waals surface area contributed by atoms with E-state index < -0.39 is 0 Å². The molecule has 0 bridgehead atoms. The molecular weight excluding hydrogens is 252 g/mol. The predicted octanol–water partition coefficient (Wildman–Crippen LogP) is 2.25. The van der Waals surface area contributed by atoms with Crippen LogP contribution >= 0.6 is 0 Å². The number of aromatic nitrogens is 3. The number of pyridine rings is 1. The zero-order valence-corrected chi connectivity index (χ0v) is 12.5. The van der Waals surface area contributed by atoms with E-state index in [-0.39, 0.29) is 5.91 Å². The number of fused-ring (bicyclic) bond motifs is 1. The van der Waals surface area contributed by atoms with Crippen LogP contribution in [0, 0.1) is 6.92 Å². The van der Waals surface area contributed by atoms with Crippen LogP contribution in [0.1, 0.15) is 47.4 Å². The van der Waals surface area contributed by atoms with Crippen molar-refractivity contribution < 1.29 is 4.79 Å². The van der Waals surface area contributed by atoms with Crippen LogP contribution in [0.5, 0.6) is 0 Å². The van der Waals surface area contributed by atoms with Crippen molar-refractivity contribution in [3.05, 3.63) is 23.0 Å². The van der Waals surface area contributed by atoms with Crippen LogP contribution < -0.4 is 0 Å². The third-order valence-corrected chi connectivity index (χ3v) is 4.04. The van der Waals surface area contributed by atoms with Gasteiger partial charge in [0.2, 0.25) is 0 Å². The van der Waals surface area contributed by atoms with Crippen LogP contribution in [0.25, 0.3) is 11.0 Å². The number of hydrogen-bond acceptors (Lipinski definition) is 3. The number of nitrogens with zero attached hydrogens (tertiary/aromatic N) is 4. The Kier molecular flexibility index (Phi) is 3.00. The summed E-state index contributed by atoms with van der Waals surface area (Å²) in [6, 6.07) is 1.98. The molecule has 0 radical (unpaired) electrons. The smallest absolute Gasteiger partial charge is 0.254 e. The fourth-order valence-corrected chi connectivity index (χ4v) is 2.57. The number of carbonyl (C=O) groups excluding carboxylic acids is 1. The van der Waals surface area contributed by atoms with Crippen LogP contribution in [0.2, 0.25) is 0 Å². The van der Waals surface area contributed by atoms with E-state index in [9.17, 15) is 4.79 Å². The third kappa shape index (κ3) is 1.97. The first-order valence-electron chi connectivity index (χ1n) is 7.12. The SMILES string of the molecule is CCN(C)C(=O)c1cc(C2CC2)nc2c1c(C)nn2C. The quantitative estimate of drug-likeness (QED) is 0.861. The Balaban J connectivity index is 2.24. The summed E-state index contributed by atoms with van der Waals surface area (Å²) in [6.45, 7) is 4.61. The van der Waals surface area contributed by atoms with Crippen molar-refractivity contribution in [2.45, 2.75) is 32.6 Å². The summed E-state index contributed by atoms with van der Waals surface area (Å²) in [7, 11) is 3.72. The van der Waals surface area contributed by atoms with E-state index in [0.717, 1.165) is 28.0 Å². The molecule has 0 aliphatic heterocycles. The van der Waals surface area contributed by atoms with Gasteiger partial charge >= 0.3 is 0 Å². The van der Waals surface area contributed by atoms with E-state index in [4.69, 9.17) is 4.98 Å². The maximum atomic E-state index is 12.6. The maximum Gasteiger partial charge on any atom is 0.254 e. The van der Waals surface area contributed by atoms with Crippen LogP contribution in [0.3, 0.4) is 0 Å². The highest BCUT2D eigenvalue weighted by Crippen LogP contribution is 2.40. The molecule has 20 heavy (non-hydrogen) atoms. The molecule has 0 unspecified atom stereocenters. The Morgan fingerprint density at radius 2 is 2.20 bits per heavy atom. The fraction of sp³-hybridized carbons (Fsp3) is 0.533. The predicted molar refractivity (Wildman–Crippen MR) is 77.9 cm³/mol. The Hall–Kier alpha value is -1.91. The lowest BCUT2D eigenvalue weighted by atomic mass is 10.1. The monoisotopic (exact) mass is 272 g/mol. The van der Waals surface area contributed by atoms with Crippen molar-refractivity contribution in [1.82, 2.24) is 19.7 Å². The van der Waals surface area contributed by atoms with Crippen molar-refractivity contribution in [1.29, 1.82) is 0 Å². The van der Waals surface area contributed by atoms with Gasteiger partial charge in [0, 0.05) is 32.3 Å². The molecule has 0 atom stereocenters. The second kappa shape index (κ2) is 4.58. The first-order valence-corrected chi connectivity index (χ1v) is 7.12. The third-order valence-electron chi connectivity index (χ3n) is 4.04. The Morgan fingerprint density at radius 3 is 2.80 bits per heavy atom. The number of carbonyl (C=O) groups is 1. The summed E-state index contributed by atoms with van der Waals surface area (Å²) in [5, 5.41) is 5.31. The molecule has 2 aromatic rings. The topological polar surface area (TPSA) is 51.0 Å². The van der Waals surface area contributed by atoms with E-state index in [0.29, 0.717) is 12.5 Å². The van der Waals surface area contributed by atoms with Gasteiger partial charge in [-0.3, -0.25) is 9.48 Å². The molecule has 1 aliphatic carbocycles. The van der Waals surface area contributed by atoms with Gasteiger partial charge in [0.15, 0.2) is 5.65 Å². The minimum Gasteiger partial charge on any atom is -0.342 e. The van der Waals surface area contributed by atoms with Crippen molar-refractivity contribution in [2.24, 2.45) is 7.05 Å². The standard InChI is InChI=1S/C15H20N4O/c1-5-18(3)15(20)11-8-12(10-6-7-10)16-14-13(11)9(2)17-19(14)4/h8,10H,5-7H2,1-4H3. The van der Waals surface area contributed by atoms with Crippen LogP contribution in [0.15, 0.2) is 6.07 Å². The van der Waals surface area contributed by atoms with Gasteiger partial charge in [-0.25, -0.2) is 4.98 Å². The Labute approximate surface area is 118 Å².